The summed E-state index contributed by atoms with van der Waals surface area (Å²) in [4.78, 5) is 24.3. The average Bonchev–Trinajstić information content (AvgIpc) is 2.71. The minimum Gasteiger partial charge on any atom is -0.493 e. The van der Waals surface area contributed by atoms with E-state index in [9.17, 15) is 18.0 Å². The number of carbonyl (C=O) groups is 2. The molecular weight excluding hydrogens is 386 g/mol. The number of nitrogens with zero attached hydrogens (tertiary/aromatic N) is 1. The number of carbonyl (C=O) groups excluding carboxylic acids is 2. The van der Waals surface area contributed by atoms with E-state index in [1.54, 1.807) is 24.3 Å². The highest BCUT2D eigenvalue weighted by atomic mass is 32.2. The minimum atomic E-state index is -3.81. The maximum absolute atomic E-state index is 12.4. The van der Waals surface area contributed by atoms with Gasteiger partial charge in [0.25, 0.3) is 11.8 Å². The summed E-state index contributed by atoms with van der Waals surface area (Å²) in [6.45, 7) is -0.469. The van der Waals surface area contributed by atoms with Crippen LogP contribution in [-0.2, 0) is 14.8 Å². The average molecular weight is 407 g/mol. The Bertz CT molecular complexity index is 947. The molecule has 0 spiro atoms. The second-order valence-corrected chi connectivity index (χ2v) is 7.69. The minimum absolute atomic E-state index is 0.0691. The molecule has 0 radical (unpaired) electrons. The lowest BCUT2D eigenvalue weighted by Crippen LogP contribution is -2.46. The molecule has 0 aliphatic carbocycles. The molecule has 0 atom stereocenters. The summed E-state index contributed by atoms with van der Waals surface area (Å²) in [5.74, 6) is -0.482. The number of hydrazine groups is 1. The quantitative estimate of drug-likeness (QED) is 0.656. The van der Waals surface area contributed by atoms with Gasteiger partial charge in [0.2, 0.25) is 10.0 Å². The number of likely N-dealkylation sites (N-methyl/N-ethyl adjacent to an activating group) is 1. The third-order valence-electron chi connectivity index (χ3n) is 3.78. The Morgan fingerprint density at radius 2 is 1.61 bits per heavy atom. The van der Waals surface area contributed by atoms with Gasteiger partial charge in [-0.15, -0.1) is 0 Å². The van der Waals surface area contributed by atoms with E-state index in [0.717, 1.165) is 4.31 Å². The molecule has 28 heavy (non-hydrogen) atoms. The molecule has 0 saturated heterocycles. The number of amides is 2. The fourth-order valence-corrected chi connectivity index (χ4v) is 3.42. The lowest BCUT2D eigenvalue weighted by atomic mass is 10.2. The Kier molecular flexibility index (Phi) is 6.96. The lowest BCUT2D eigenvalue weighted by Gasteiger charge is -2.17. The van der Waals surface area contributed by atoms with Gasteiger partial charge in [-0.05, 0) is 30.3 Å². The second-order valence-electron chi connectivity index (χ2n) is 5.65. The van der Waals surface area contributed by atoms with Crippen molar-refractivity contribution in [3.05, 3.63) is 54.1 Å². The highest BCUT2D eigenvalue weighted by molar-refractivity contribution is 7.89. The molecule has 0 fully saturated rings. The summed E-state index contributed by atoms with van der Waals surface area (Å²) in [7, 11) is 0.369. The van der Waals surface area contributed by atoms with Crippen molar-refractivity contribution in [1.29, 1.82) is 0 Å². The molecule has 2 amide bonds. The van der Waals surface area contributed by atoms with Crippen LogP contribution >= 0.6 is 0 Å². The molecule has 0 aromatic heterocycles. The first-order valence-corrected chi connectivity index (χ1v) is 9.56. The first-order chi connectivity index (χ1) is 13.3. The maximum Gasteiger partial charge on any atom is 0.269 e. The number of hydrogen-bond acceptors (Lipinski definition) is 6. The molecule has 0 unspecified atom stereocenters. The second kappa shape index (κ2) is 9.20. The molecule has 0 heterocycles. The molecule has 0 aliphatic heterocycles. The smallest absolute Gasteiger partial charge is 0.269 e. The zero-order valence-corrected chi connectivity index (χ0v) is 16.4. The van der Waals surface area contributed by atoms with Crippen LogP contribution in [0.3, 0.4) is 0 Å². The van der Waals surface area contributed by atoms with E-state index >= 15 is 0 Å². The monoisotopic (exact) mass is 407 g/mol. The zero-order chi connectivity index (χ0) is 20.7. The molecule has 2 aromatic carbocycles. The first kappa shape index (κ1) is 21.2. The first-order valence-electron chi connectivity index (χ1n) is 8.12. The van der Waals surface area contributed by atoms with Gasteiger partial charge in [0.05, 0.1) is 25.7 Å². The third-order valence-corrected chi connectivity index (χ3v) is 5.60. The molecule has 2 aromatic rings. The van der Waals surface area contributed by atoms with Gasteiger partial charge in [-0.3, -0.25) is 20.4 Å². The number of nitrogens with one attached hydrogen (secondary N) is 2. The van der Waals surface area contributed by atoms with E-state index in [1.807, 2.05) is 0 Å². The number of rotatable bonds is 7. The van der Waals surface area contributed by atoms with E-state index in [0.29, 0.717) is 11.5 Å². The van der Waals surface area contributed by atoms with Crippen molar-refractivity contribution >= 4 is 21.8 Å². The molecule has 0 saturated carbocycles. The molecular formula is C18H21N3O6S. The van der Waals surface area contributed by atoms with Crippen LogP contribution in [0.5, 0.6) is 11.5 Å². The summed E-state index contributed by atoms with van der Waals surface area (Å²) < 4.78 is 35.9. The van der Waals surface area contributed by atoms with Gasteiger partial charge < -0.3 is 9.47 Å². The van der Waals surface area contributed by atoms with Crippen molar-refractivity contribution in [1.82, 2.24) is 15.2 Å². The van der Waals surface area contributed by atoms with Crippen LogP contribution < -0.4 is 20.3 Å². The van der Waals surface area contributed by atoms with Gasteiger partial charge in [-0.25, -0.2) is 8.42 Å². The number of benzene rings is 2. The van der Waals surface area contributed by atoms with Crippen LogP contribution in [-0.4, -0.2) is 52.3 Å². The molecule has 9 nitrogen and oxygen atoms in total. The fraction of sp³-hybridized carbons (Fsp3) is 0.222. The molecule has 0 bridgehead atoms. The number of methoxy groups -OCH3 is 2. The molecule has 10 heteroatoms. The largest absolute Gasteiger partial charge is 0.493 e. The summed E-state index contributed by atoms with van der Waals surface area (Å²) >= 11 is 0. The third kappa shape index (κ3) is 4.99. The van der Waals surface area contributed by atoms with E-state index in [1.165, 1.54) is 45.5 Å². The van der Waals surface area contributed by atoms with E-state index in [4.69, 9.17) is 9.47 Å². The Morgan fingerprint density at radius 1 is 0.964 bits per heavy atom. The van der Waals surface area contributed by atoms with Crippen LogP contribution in [0.1, 0.15) is 10.4 Å². The molecule has 2 rings (SSSR count). The van der Waals surface area contributed by atoms with Crippen molar-refractivity contribution < 1.29 is 27.5 Å². The predicted molar refractivity (Wildman–Crippen MR) is 101 cm³/mol. The van der Waals surface area contributed by atoms with Crippen LogP contribution in [0, 0.1) is 0 Å². The Balaban J connectivity index is 1.96. The molecule has 150 valence electrons. The number of sulfonamides is 1. The normalized spacial score (nSPS) is 11.0. The summed E-state index contributed by atoms with van der Waals surface area (Å²) in [5.41, 5.74) is 4.64. The van der Waals surface area contributed by atoms with E-state index in [-0.39, 0.29) is 10.5 Å². The van der Waals surface area contributed by atoms with Crippen molar-refractivity contribution in [3.63, 3.8) is 0 Å². The van der Waals surface area contributed by atoms with Crippen LogP contribution in [0.2, 0.25) is 0 Å². The highest BCUT2D eigenvalue weighted by Gasteiger charge is 2.22. The maximum atomic E-state index is 12.4. The van der Waals surface area contributed by atoms with Crippen molar-refractivity contribution in [2.24, 2.45) is 0 Å². The lowest BCUT2D eigenvalue weighted by molar-refractivity contribution is -0.121. The zero-order valence-electron chi connectivity index (χ0n) is 15.6. The Morgan fingerprint density at radius 3 is 2.21 bits per heavy atom. The van der Waals surface area contributed by atoms with Gasteiger partial charge in [-0.1, -0.05) is 18.2 Å². The van der Waals surface area contributed by atoms with E-state index < -0.39 is 28.4 Å². The number of hydrogen-bond donors (Lipinski definition) is 2. The summed E-state index contributed by atoms with van der Waals surface area (Å²) in [6.07, 6.45) is 0. The predicted octanol–water partition coefficient (Wildman–Crippen LogP) is 0.786. The fourth-order valence-electron chi connectivity index (χ4n) is 2.28. The van der Waals surface area contributed by atoms with Crippen molar-refractivity contribution in [2.45, 2.75) is 4.90 Å². The van der Waals surface area contributed by atoms with Gasteiger partial charge in [0.1, 0.15) is 0 Å². The Labute approximate surface area is 163 Å². The van der Waals surface area contributed by atoms with Crippen LogP contribution in [0.15, 0.2) is 53.4 Å². The highest BCUT2D eigenvalue weighted by Crippen LogP contribution is 2.27. The van der Waals surface area contributed by atoms with Crippen LogP contribution in [0.4, 0.5) is 0 Å². The number of ether oxygens (including phenoxy) is 2. The van der Waals surface area contributed by atoms with Gasteiger partial charge in [0, 0.05) is 12.6 Å². The topological polar surface area (TPSA) is 114 Å². The van der Waals surface area contributed by atoms with Crippen molar-refractivity contribution in [3.8, 4) is 11.5 Å². The van der Waals surface area contributed by atoms with Gasteiger partial charge in [0.15, 0.2) is 11.5 Å². The summed E-state index contributed by atoms with van der Waals surface area (Å²) in [6, 6.07) is 12.2. The SMILES string of the molecule is COc1ccc(C(=O)NNC(=O)CN(C)S(=O)(=O)c2ccccc2)cc1OC. The van der Waals surface area contributed by atoms with Crippen molar-refractivity contribution in [2.75, 3.05) is 27.8 Å². The van der Waals surface area contributed by atoms with Gasteiger partial charge in [-0.2, -0.15) is 4.31 Å². The van der Waals surface area contributed by atoms with Gasteiger partial charge >= 0.3 is 0 Å². The van der Waals surface area contributed by atoms with Crippen LogP contribution in [0.25, 0.3) is 0 Å². The summed E-state index contributed by atoms with van der Waals surface area (Å²) in [5, 5.41) is 0. The molecule has 0 aliphatic rings. The standard InChI is InChI=1S/C18H21N3O6S/c1-21(28(24,25)14-7-5-4-6-8-14)12-17(22)19-20-18(23)13-9-10-15(26-2)16(11-13)27-3/h4-11H,12H2,1-3H3,(H,19,22)(H,20,23). The molecule has 2 N–H and O–H groups in total. The van der Waals surface area contributed by atoms with E-state index in [2.05, 4.69) is 10.9 Å². The Hall–Kier alpha value is -3.11.